The van der Waals surface area contributed by atoms with E-state index in [0.717, 1.165) is 32.4 Å². The van der Waals surface area contributed by atoms with Crippen molar-refractivity contribution < 1.29 is 14.7 Å². The highest BCUT2D eigenvalue weighted by Crippen LogP contribution is 2.13. The Balaban J connectivity index is 2.24. The highest BCUT2D eigenvalue weighted by Gasteiger charge is 2.20. The summed E-state index contributed by atoms with van der Waals surface area (Å²) in [4.78, 5) is 22.6. The maximum absolute atomic E-state index is 11.7. The molecule has 0 aliphatic carbocycles. The molecule has 0 aromatic carbocycles. The maximum Gasteiger partial charge on any atom is 0.308 e. The molecule has 5 nitrogen and oxygen atoms in total. The Labute approximate surface area is 108 Å². The van der Waals surface area contributed by atoms with Crippen molar-refractivity contribution in [3.05, 3.63) is 0 Å². The second-order valence-electron chi connectivity index (χ2n) is 5.04. The highest BCUT2D eigenvalue weighted by atomic mass is 16.4. The van der Waals surface area contributed by atoms with Crippen molar-refractivity contribution in [1.82, 2.24) is 10.6 Å². The van der Waals surface area contributed by atoms with Gasteiger partial charge in [0.1, 0.15) is 0 Å². The van der Waals surface area contributed by atoms with Gasteiger partial charge in [-0.25, -0.2) is 0 Å². The first-order valence-electron chi connectivity index (χ1n) is 6.83. The van der Waals surface area contributed by atoms with E-state index in [1.807, 2.05) is 6.92 Å². The number of carbonyl (C=O) groups excluding carboxylic acids is 1. The van der Waals surface area contributed by atoms with Crippen LogP contribution in [0.3, 0.4) is 0 Å². The molecule has 0 radical (unpaired) electrons. The summed E-state index contributed by atoms with van der Waals surface area (Å²) >= 11 is 0. The number of hydrogen-bond acceptors (Lipinski definition) is 3. The average molecular weight is 256 g/mol. The smallest absolute Gasteiger partial charge is 0.308 e. The molecular weight excluding hydrogens is 232 g/mol. The molecule has 2 atom stereocenters. The SMILES string of the molecule is CCCC(CNC(=O)CC1CCCNC1)C(=O)O. The van der Waals surface area contributed by atoms with Crippen LogP contribution in [-0.4, -0.2) is 36.6 Å². The number of aliphatic carboxylic acids is 1. The Morgan fingerprint density at radius 1 is 1.50 bits per heavy atom. The standard InChI is InChI=1S/C13H24N2O3/c1-2-4-11(13(17)18)9-15-12(16)7-10-5-3-6-14-8-10/h10-11,14H,2-9H2,1H3,(H,15,16)(H,17,18). The number of piperidine rings is 1. The zero-order valence-corrected chi connectivity index (χ0v) is 11.1. The second kappa shape index (κ2) is 8.08. The van der Waals surface area contributed by atoms with Crippen molar-refractivity contribution in [3.63, 3.8) is 0 Å². The van der Waals surface area contributed by atoms with Crippen LogP contribution in [0, 0.1) is 11.8 Å². The number of hydrogen-bond donors (Lipinski definition) is 3. The van der Waals surface area contributed by atoms with E-state index < -0.39 is 11.9 Å². The van der Waals surface area contributed by atoms with Crippen LogP contribution in [0.4, 0.5) is 0 Å². The molecule has 18 heavy (non-hydrogen) atoms. The molecule has 2 unspecified atom stereocenters. The van der Waals surface area contributed by atoms with E-state index in [0.29, 0.717) is 18.8 Å². The summed E-state index contributed by atoms with van der Waals surface area (Å²) in [6.45, 7) is 4.13. The summed E-state index contributed by atoms with van der Waals surface area (Å²) in [5.74, 6) is -0.904. The van der Waals surface area contributed by atoms with Crippen molar-refractivity contribution in [2.24, 2.45) is 11.8 Å². The molecule has 3 N–H and O–H groups in total. The van der Waals surface area contributed by atoms with Crippen LogP contribution < -0.4 is 10.6 Å². The Morgan fingerprint density at radius 2 is 2.28 bits per heavy atom. The predicted molar refractivity (Wildman–Crippen MR) is 69.3 cm³/mol. The van der Waals surface area contributed by atoms with Gasteiger partial charge in [0.05, 0.1) is 5.92 Å². The number of amides is 1. The molecule has 1 saturated heterocycles. The molecule has 0 spiro atoms. The molecule has 1 amide bonds. The third kappa shape index (κ3) is 5.49. The predicted octanol–water partition coefficient (Wildman–Crippen LogP) is 0.993. The lowest BCUT2D eigenvalue weighted by Gasteiger charge is -2.22. The van der Waals surface area contributed by atoms with E-state index in [4.69, 9.17) is 5.11 Å². The van der Waals surface area contributed by atoms with E-state index in [2.05, 4.69) is 10.6 Å². The first-order chi connectivity index (χ1) is 8.63. The fraction of sp³-hybridized carbons (Fsp3) is 0.846. The third-order valence-electron chi connectivity index (χ3n) is 3.41. The van der Waals surface area contributed by atoms with Gasteiger partial charge in [0.25, 0.3) is 0 Å². The minimum atomic E-state index is -0.823. The molecule has 5 heteroatoms. The zero-order chi connectivity index (χ0) is 13.4. The molecule has 1 fully saturated rings. The van der Waals surface area contributed by atoms with Crippen LogP contribution in [0.1, 0.15) is 39.0 Å². The normalized spacial score (nSPS) is 21.3. The van der Waals surface area contributed by atoms with Gasteiger partial charge in [-0.1, -0.05) is 13.3 Å². The number of carboxylic acid groups (broad SMARTS) is 1. The summed E-state index contributed by atoms with van der Waals surface area (Å²) in [6, 6.07) is 0. The lowest BCUT2D eigenvalue weighted by Crippen LogP contribution is -2.37. The van der Waals surface area contributed by atoms with E-state index in [1.54, 1.807) is 0 Å². The van der Waals surface area contributed by atoms with Gasteiger partial charge in [-0.2, -0.15) is 0 Å². The summed E-state index contributed by atoms with van der Waals surface area (Å²) in [5, 5.41) is 15.0. The molecule has 104 valence electrons. The molecule has 0 aromatic rings. The molecule has 1 rings (SSSR count). The first kappa shape index (κ1) is 15.0. The van der Waals surface area contributed by atoms with Crippen LogP contribution in [0.5, 0.6) is 0 Å². The first-order valence-corrected chi connectivity index (χ1v) is 6.83. The fourth-order valence-electron chi connectivity index (χ4n) is 2.33. The molecular formula is C13H24N2O3. The molecule has 0 aromatic heterocycles. The monoisotopic (exact) mass is 256 g/mol. The van der Waals surface area contributed by atoms with Gasteiger partial charge in [-0.3, -0.25) is 9.59 Å². The van der Waals surface area contributed by atoms with Gasteiger partial charge in [-0.15, -0.1) is 0 Å². The molecule has 0 saturated carbocycles. The minimum Gasteiger partial charge on any atom is -0.481 e. The van der Waals surface area contributed by atoms with Crippen LogP contribution >= 0.6 is 0 Å². The molecule has 0 bridgehead atoms. The van der Waals surface area contributed by atoms with Gasteiger partial charge >= 0.3 is 5.97 Å². The number of carbonyl (C=O) groups is 2. The van der Waals surface area contributed by atoms with Crippen molar-refractivity contribution in [2.75, 3.05) is 19.6 Å². The Morgan fingerprint density at radius 3 is 2.83 bits per heavy atom. The second-order valence-corrected chi connectivity index (χ2v) is 5.04. The van der Waals surface area contributed by atoms with Crippen molar-refractivity contribution in [3.8, 4) is 0 Å². The summed E-state index contributed by atoms with van der Waals surface area (Å²) in [5.41, 5.74) is 0. The summed E-state index contributed by atoms with van der Waals surface area (Å²) < 4.78 is 0. The quantitative estimate of drug-likeness (QED) is 0.635. The lowest BCUT2D eigenvalue weighted by atomic mass is 9.95. The van der Waals surface area contributed by atoms with Gasteiger partial charge in [0.15, 0.2) is 0 Å². The Bertz CT molecular complexity index is 275. The zero-order valence-electron chi connectivity index (χ0n) is 11.1. The van der Waals surface area contributed by atoms with Gasteiger partial charge in [0.2, 0.25) is 5.91 Å². The van der Waals surface area contributed by atoms with E-state index in [9.17, 15) is 9.59 Å². The molecule has 1 heterocycles. The average Bonchev–Trinajstić information content (AvgIpc) is 2.35. The van der Waals surface area contributed by atoms with E-state index in [-0.39, 0.29) is 12.5 Å². The Hall–Kier alpha value is -1.10. The van der Waals surface area contributed by atoms with Crippen molar-refractivity contribution in [2.45, 2.75) is 39.0 Å². The van der Waals surface area contributed by atoms with Gasteiger partial charge in [0, 0.05) is 13.0 Å². The summed E-state index contributed by atoms with van der Waals surface area (Å²) in [7, 11) is 0. The minimum absolute atomic E-state index is 0.0222. The Kier molecular flexibility index (Phi) is 6.72. The lowest BCUT2D eigenvalue weighted by molar-refractivity contribution is -0.141. The van der Waals surface area contributed by atoms with Gasteiger partial charge in [-0.05, 0) is 38.3 Å². The number of nitrogens with one attached hydrogen (secondary N) is 2. The molecule has 1 aliphatic rings. The molecule has 1 aliphatic heterocycles. The van der Waals surface area contributed by atoms with E-state index in [1.165, 1.54) is 0 Å². The van der Waals surface area contributed by atoms with Crippen molar-refractivity contribution >= 4 is 11.9 Å². The maximum atomic E-state index is 11.7. The largest absolute Gasteiger partial charge is 0.481 e. The van der Waals surface area contributed by atoms with Crippen LogP contribution in [0.15, 0.2) is 0 Å². The van der Waals surface area contributed by atoms with Crippen LogP contribution in [0.2, 0.25) is 0 Å². The number of rotatable bonds is 7. The third-order valence-corrected chi connectivity index (χ3v) is 3.41. The van der Waals surface area contributed by atoms with Crippen LogP contribution in [0.25, 0.3) is 0 Å². The summed E-state index contributed by atoms with van der Waals surface area (Å²) in [6.07, 6.45) is 4.13. The van der Waals surface area contributed by atoms with E-state index >= 15 is 0 Å². The van der Waals surface area contributed by atoms with Crippen LogP contribution in [-0.2, 0) is 9.59 Å². The van der Waals surface area contributed by atoms with Gasteiger partial charge < -0.3 is 15.7 Å². The topological polar surface area (TPSA) is 78.4 Å². The fourth-order valence-corrected chi connectivity index (χ4v) is 2.33. The van der Waals surface area contributed by atoms with Crippen molar-refractivity contribution in [1.29, 1.82) is 0 Å². The highest BCUT2D eigenvalue weighted by molar-refractivity contribution is 5.77. The number of carboxylic acids is 1.